The van der Waals surface area contributed by atoms with Crippen molar-refractivity contribution in [2.45, 2.75) is 6.42 Å². The van der Waals surface area contributed by atoms with Crippen LogP contribution in [0, 0.1) is 0 Å². The largest absolute Gasteiger partial charge is 0.508 e. The molecule has 6 heteroatoms. The molecule has 0 saturated carbocycles. The standard InChI is InChI=1S/C10H11NO4.Fe/c12-8-2-1-7(9(13)5-8)3-4-11-6-10(14)15;/h1-2,4-5,12-13H,3,6H2,(H,14,15);. The average molecular weight is 265 g/mol. The van der Waals surface area contributed by atoms with Gasteiger partial charge in [0.2, 0.25) is 0 Å². The predicted octanol–water partition coefficient (Wildman–Crippen LogP) is 0.793. The Morgan fingerprint density at radius 1 is 1.38 bits per heavy atom. The molecule has 1 aromatic rings. The fourth-order valence-corrected chi connectivity index (χ4v) is 1.03. The number of rotatable bonds is 4. The number of aliphatic carboxylic acids is 1. The summed E-state index contributed by atoms with van der Waals surface area (Å²) in [5.74, 6) is -1.04. The minimum Gasteiger partial charge on any atom is -0.508 e. The number of aliphatic imine (C=N–C) groups is 1. The molecule has 0 saturated heterocycles. The summed E-state index contributed by atoms with van der Waals surface area (Å²) in [5.41, 5.74) is 0.585. The van der Waals surface area contributed by atoms with Crippen LogP contribution >= 0.6 is 0 Å². The molecule has 3 N–H and O–H groups in total. The second-order valence-corrected chi connectivity index (χ2v) is 2.93. The van der Waals surface area contributed by atoms with Crippen LogP contribution in [0.3, 0.4) is 0 Å². The monoisotopic (exact) mass is 265 g/mol. The molecular weight excluding hydrogens is 254 g/mol. The van der Waals surface area contributed by atoms with Gasteiger partial charge in [-0.1, -0.05) is 6.07 Å². The number of nitrogens with zero attached hydrogens (tertiary/aromatic N) is 1. The van der Waals surface area contributed by atoms with E-state index in [2.05, 4.69) is 4.99 Å². The molecule has 0 aliphatic rings. The smallest absolute Gasteiger partial charge is 0.325 e. The second-order valence-electron chi connectivity index (χ2n) is 2.93. The zero-order chi connectivity index (χ0) is 11.3. The summed E-state index contributed by atoms with van der Waals surface area (Å²) in [6.07, 6.45) is 1.75. The van der Waals surface area contributed by atoms with Crippen LogP contribution in [-0.2, 0) is 28.3 Å². The molecule has 0 aliphatic carbocycles. The molecule has 0 atom stereocenters. The first-order chi connectivity index (χ1) is 7.09. The third-order valence-electron chi connectivity index (χ3n) is 1.74. The molecular formula is C10H11FeNO4. The zero-order valence-corrected chi connectivity index (χ0v) is 9.38. The summed E-state index contributed by atoms with van der Waals surface area (Å²) < 4.78 is 0. The van der Waals surface area contributed by atoms with Crippen LogP contribution in [0.1, 0.15) is 5.56 Å². The van der Waals surface area contributed by atoms with Crippen LogP contribution in [0.4, 0.5) is 0 Å². The summed E-state index contributed by atoms with van der Waals surface area (Å²) in [6, 6.07) is 4.22. The van der Waals surface area contributed by atoms with Gasteiger partial charge in [-0.2, -0.15) is 0 Å². The fourth-order valence-electron chi connectivity index (χ4n) is 1.03. The normalized spacial score (nSPS) is 10.0. The number of aromatic hydroxyl groups is 2. The number of phenols is 2. The Morgan fingerprint density at radius 2 is 2.06 bits per heavy atom. The maximum absolute atomic E-state index is 10.1. The van der Waals surface area contributed by atoms with Crippen LogP contribution in [0.2, 0.25) is 0 Å². The molecule has 0 spiro atoms. The molecule has 0 aliphatic heterocycles. The van der Waals surface area contributed by atoms with Gasteiger partial charge in [0, 0.05) is 35.8 Å². The van der Waals surface area contributed by atoms with E-state index >= 15 is 0 Å². The zero-order valence-electron chi connectivity index (χ0n) is 8.27. The maximum Gasteiger partial charge on any atom is 0.325 e. The average Bonchev–Trinajstić information content (AvgIpc) is 2.14. The van der Waals surface area contributed by atoms with Crippen molar-refractivity contribution in [3.8, 4) is 11.5 Å². The van der Waals surface area contributed by atoms with E-state index in [0.717, 1.165) is 0 Å². The Kier molecular flexibility index (Phi) is 6.22. The second kappa shape index (κ2) is 6.87. The predicted molar refractivity (Wildman–Crippen MR) is 54.5 cm³/mol. The van der Waals surface area contributed by atoms with Gasteiger partial charge in [0.25, 0.3) is 0 Å². The molecule has 0 fully saturated rings. The molecule has 0 amide bonds. The van der Waals surface area contributed by atoms with E-state index < -0.39 is 5.97 Å². The van der Waals surface area contributed by atoms with Crippen LogP contribution < -0.4 is 0 Å². The van der Waals surface area contributed by atoms with Gasteiger partial charge >= 0.3 is 5.97 Å². The minimum absolute atomic E-state index is 0. The Labute approximate surface area is 103 Å². The number of hydrogen-bond donors (Lipinski definition) is 3. The number of benzene rings is 1. The fraction of sp³-hybridized carbons (Fsp3) is 0.200. The Hall–Kier alpha value is -1.52. The summed E-state index contributed by atoms with van der Waals surface area (Å²) in [4.78, 5) is 13.8. The molecule has 88 valence electrons. The van der Waals surface area contributed by atoms with Crippen LogP contribution in [-0.4, -0.2) is 34.0 Å². The van der Waals surface area contributed by atoms with Crippen molar-refractivity contribution in [3.05, 3.63) is 23.8 Å². The summed E-state index contributed by atoms with van der Waals surface area (Å²) in [7, 11) is 0. The number of carbonyl (C=O) groups is 1. The summed E-state index contributed by atoms with van der Waals surface area (Å²) >= 11 is 0. The Morgan fingerprint density at radius 3 is 2.62 bits per heavy atom. The summed E-state index contributed by atoms with van der Waals surface area (Å²) in [5, 5.41) is 26.7. The van der Waals surface area contributed by atoms with Crippen LogP contribution in [0.15, 0.2) is 23.2 Å². The Bertz CT molecular complexity index is 392. The first kappa shape index (κ1) is 14.5. The van der Waals surface area contributed by atoms with Crippen LogP contribution in [0.25, 0.3) is 0 Å². The molecule has 1 rings (SSSR count). The van der Waals surface area contributed by atoms with Crippen molar-refractivity contribution in [1.29, 1.82) is 0 Å². The van der Waals surface area contributed by atoms with Crippen LogP contribution in [0.5, 0.6) is 11.5 Å². The van der Waals surface area contributed by atoms with Gasteiger partial charge in [0.05, 0.1) is 0 Å². The molecule has 0 heterocycles. The SMILES string of the molecule is O=C(O)CN=CCc1ccc(O)cc1O.[Fe]. The first-order valence-corrected chi connectivity index (χ1v) is 4.30. The molecule has 1 aromatic carbocycles. The van der Waals surface area contributed by atoms with Crippen molar-refractivity contribution < 1.29 is 37.2 Å². The number of carboxylic acids is 1. The molecule has 0 aromatic heterocycles. The molecule has 0 bridgehead atoms. The van der Waals surface area contributed by atoms with E-state index in [1.165, 1.54) is 18.3 Å². The molecule has 16 heavy (non-hydrogen) atoms. The van der Waals surface area contributed by atoms with Gasteiger partial charge < -0.3 is 15.3 Å². The third-order valence-corrected chi connectivity index (χ3v) is 1.74. The van der Waals surface area contributed by atoms with Crippen molar-refractivity contribution >= 4 is 12.2 Å². The van der Waals surface area contributed by atoms with Gasteiger partial charge in [0.1, 0.15) is 18.0 Å². The Balaban J connectivity index is 0.00000225. The van der Waals surface area contributed by atoms with E-state index in [1.54, 1.807) is 6.07 Å². The number of hydrogen-bond acceptors (Lipinski definition) is 4. The van der Waals surface area contributed by atoms with E-state index in [4.69, 9.17) is 10.2 Å². The van der Waals surface area contributed by atoms with E-state index in [0.29, 0.717) is 12.0 Å². The third kappa shape index (κ3) is 4.82. The van der Waals surface area contributed by atoms with E-state index in [9.17, 15) is 9.90 Å². The van der Waals surface area contributed by atoms with Gasteiger partial charge in [-0.3, -0.25) is 9.79 Å². The van der Waals surface area contributed by atoms with Crippen molar-refractivity contribution in [1.82, 2.24) is 0 Å². The van der Waals surface area contributed by atoms with Crippen molar-refractivity contribution in [2.75, 3.05) is 6.54 Å². The maximum atomic E-state index is 10.1. The first-order valence-electron chi connectivity index (χ1n) is 4.30. The summed E-state index contributed by atoms with van der Waals surface area (Å²) in [6.45, 7) is -0.279. The number of phenolic OH excluding ortho intramolecular Hbond substituents is 2. The molecule has 5 nitrogen and oxygen atoms in total. The number of carboxylic acid groups (broad SMARTS) is 1. The van der Waals surface area contributed by atoms with Crippen molar-refractivity contribution in [3.63, 3.8) is 0 Å². The van der Waals surface area contributed by atoms with Gasteiger partial charge in [-0.05, 0) is 11.6 Å². The topological polar surface area (TPSA) is 90.1 Å². The molecule has 0 radical (unpaired) electrons. The quantitative estimate of drug-likeness (QED) is 0.554. The van der Waals surface area contributed by atoms with E-state index in [1.807, 2.05) is 0 Å². The molecule has 0 unspecified atom stereocenters. The van der Waals surface area contributed by atoms with Gasteiger partial charge in [-0.15, -0.1) is 0 Å². The minimum atomic E-state index is -0.999. The van der Waals surface area contributed by atoms with Gasteiger partial charge in [-0.25, -0.2) is 0 Å². The van der Waals surface area contributed by atoms with E-state index in [-0.39, 0.29) is 35.1 Å². The van der Waals surface area contributed by atoms with Gasteiger partial charge in [0.15, 0.2) is 0 Å². The van der Waals surface area contributed by atoms with Crippen molar-refractivity contribution in [2.24, 2.45) is 4.99 Å².